The summed E-state index contributed by atoms with van der Waals surface area (Å²) in [5, 5.41) is 3.78. The lowest BCUT2D eigenvalue weighted by Crippen LogP contribution is -2.54. The smallest absolute Gasteiger partial charge is 0.258 e. The maximum Gasteiger partial charge on any atom is 0.258 e. The van der Waals surface area contributed by atoms with Crippen LogP contribution in [0.2, 0.25) is 5.02 Å². The second kappa shape index (κ2) is 6.88. The van der Waals surface area contributed by atoms with Gasteiger partial charge in [-0.25, -0.2) is 0 Å². The molecule has 2 fully saturated rings. The third-order valence-corrected chi connectivity index (χ3v) is 5.11. The summed E-state index contributed by atoms with van der Waals surface area (Å²) in [6.07, 6.45) is 5.65. The van der Waals surface area contributed by atoms with E-state index in [0.717, 1.165) is 12.8 Å². The summed E-state index contributed by atoms with van der Waals surface area (Å²) in [5.41, 5.74) is 6.12. The molecule has 2 saturated carbocycles. The van der Waals surface area contributed by atoms with Crippen molar-refractivity contribution < 1.29 is 9.53 Å². The molecule has 3 rings (SSSR count). The van der Waals surface area contributed by atoms with Crippen LogP contribution in [-0.2, 0) is 4.79 Å². The molecule has 0 saturated heterocycles. The van der Waals surface area contributed by atoms with Gasteiger partial charge < -0.3 is 15.8 Å². The van der Waals surface area contributed by atoms with E-state index in [-0.39, 0.29) is 18.6 Å². The maximum absolute atomic E-state index is 12.2. The van der Waals surface area contributed by atoms with Crippen LogP contribution in [0.3, 0.4) is 0 Å². The Morgan fingerprint density at radius 1 is 1.32 bits per heavy atom. The fraction of sp³-hybridized carbons (Fsp3) is 0.588. The highest BCUT2D eigenvalue weighted by Gasteiger charge is 2.39. The summed E-state index contributed by atoms with van der Waals surface area (Å²) in [6, 6.07) is 7.66. The minimum atomic E-state index is -0.0580. The molecule has 1 aromatic rings. The average molecular weight is 323 g/mol. The number of hydrogen-bond donors (Lipinski definition) is 2. The monoisotopic (exact) mass is 322 g/mol. The van der Waals surface area contributed by atoms with Gasteiger partial charge in [-0.15, -0.1) is 0 Å². The number of carbonyl (C=O) groups excluding carboxylic acids is 1. The molecule has 2 aliphatic rings. The van der Waals surface area contributed by atoms with Gasteiger partial charge >= 0.3 is 0 Å². The number of benzene rings is 1. The van der Waals surface area contributed by atoms with Crippen LogP contribution >= 0.6 is 11.6 Å². The van der Waals surface area contributed by atoms with Gasteiger partial charge in [0.05, 0.1) is 0 Å². The van der Waals surface area contributed by atoms with Crippen LogP contribution < -0.4 is 15.8 Å². The van der Waals surface area contributed by atoms with Crippen molar-refractivity contribution in [3.8, 4) is 5.75 Å². The first-order valence-corrected chi connectivity index (χ1v) is 8.43. The molecule has 4 nitrogen and oxygen atoms in total. The van der Waals surface area contributed by atoms with Gasteiger partial charge in [0, 0.05) is 17.1 Å². The van der Waals surface area contributed by atoms with Gasteiger partial charge in [0.2, 0.25) is 0 Å². The number of rotatable bonds is 4. The molecule has 22 heavy (non-hydrogen) atoms. The van der Waals surface area contributed by atoms with Gasteiger partial charge in [0.25, 0.3) is 5.91 Å². The largest absolute Gasteiger partial charge is 0.484 e. The first-order chi connectivity index (χ1) is 10.6. The lowest BCUT2D eigenvalue weighted by molar-refractivity contribution is -0.125. The van der Waals surface area contributed by atoms with Crippen LogP contribution in [0.1, 0.15) is 32.1 Å². The Kier molecular flexibility index (Phi) is 4.89. The van der Waals surface area contributed by atoms with Crippen molar-refractivity contribution in [2.75, 3.05) is 6.61 Å². The lowest BCUT2D eigenvalue weighted by Gasteiger charge is -2.45. The van der Waals surface area contributed by atoms with Gasteiger partial charge in [0.15, 0.2) is 6.61 Å². The standard InChI is InChI=1S/C17H23ClN2O2/c18-13-5-2-6-15(9-13)22-10-16(21)20-17-11-3-1-4-12(17)8-14(19)7-11/h2,5-6,9,11-12,14,17H,1,3-4,7-8,10,19H2,(H,20,21). The van der Waals surface area contributed by atoms with E-state index >= 15 is 0 Å². The number of fused-ring (bicyclic) bond motifs is 2. The number of carbonyl (C=O) groups is 1. The number of halogens is 1. The number of nitrogens with one attached hydrogen (secondary N) is 1. The zero-order valence-electron chi connectivity index (χ0n) is 12.6. The number of nitrogens with two attached hydrogens (primary N) is 1. The Hall–Kier alpha value is -1.26. The summed E-state index contributed by atoms with van der Waals surface area (Å²) >= 11 is 5.90. The predicted molar refractivity (Wildman–Crippen MR) is 86.9 cm³/mol. The molecule has 5 heteroatoms. The van der Waals surface area contributed by atoms with Crippen LogP contribution in [0.5, 0.6) is 5.75 Å². The van der Waals surface area contributed by atoms with E-state index in [0.29, 0.717) is 28.6 Å². The van der Waals surface area contributed by atoms with E-state index in [4.69, 9.17) is 22.1 Å². The summed E-state index contributed by atoms with van der Waals surface area (Å²) < 4.78 is 5.51. The van der Waals surface area contributed by atoms with Gasteiger partial charge in [-0.3, -0.25) is 4.79 Å². The van der Waals surface area contributed by atoms with Crippen molar-refractivity contribution in [2.24, 2.45) is 17.6 Å². The van der Waals surface area contributed by atoms with Crippen LogP contribution in [0, 0.1) is 11.8 Å². The molecular weight excluding hydrogens is 300 g/mol. The molecule has 2 aliphatic carbocycles. The minimum absolute atomic E-state index is 0.0301. The highest BCUT2D eigenvalue weighted by atomic mass is 35.5. The molecule has 0 radical (unpaired) electrons. The molecule has 0 spiro atoms. The van der Waals surface area contributed by atoms with Crippen LogP contribution in [0.25, 0.3) is 0 Å². The SMILES string of the molecule is NC1CC2CCCC(C1)C2NC(=O)COc1cccc(Cl)c1. The summed E-state index contributed by atoms with van der Waals surface area (Å²) in [7, 11) is 0. The molecule has 1 aromatic carbocycles. The first kappa shape index (κ1) is 15.6. The van der Waals surface area contributed by atoms with E-state index < -0.39 is 0 Å². The fourth-order valence-electron chi connectivity index (χ4n) is 3.96. The van der Waals surface area contributed by atoms with Gasteiger partial charge in [0.1, 0.15) is 5.75 Å². The molecule has 2 atom stereocenters. The second-order valence-electron chi connectivity index (χ2n) is 6.52. The van der Waals surface area contributed by atoms with Gasteiger partial charge in [-0.1, -0.05) is 24.1 Å². The lowest BCUT2D eigenvalue weighted by atomic mass is 9.67. The molecule has 2 bridgehead atoms. The Labute approximate surface area is 136 Å². The zero-order valence-corrected chi connectivity index (χ0v) is 13.4. The summed E-state index contributed by atoms with van der Waals surface area (Å²) in [6.45, 7) is 0.0301. The summed E-state index contributed by atoms with van der Waals surface area (Å²) in [5.74, 6) is 1.61. The number of ether oxygens (including phenoxy) is 1. The molecule has 1 amide bonds. The van der Waals surface area contributed by atoms with E-state index in [1.165, 1.54) is 19.3 Å². The molecule has 2 unspecified atom stereocenters. The van der Waals surface area contributed by atoms with Crippen LogP contribution in [0.4, 0.5) is 0 Å². The fourth-order valence-corrected chi connectivity index (χ4v) is 4.14. The molecule has 0 aromatic heterocycles. The zero-order chi connectivity index (χ0) is 15.5. The van der Waals surface area contributed by atoms with Crippen molar-refractivity contribution >= 4 is 17.5 Å². The Bertz CT molecular complexity index is 523. The maximum atomic E-state index is 12.2. The van der Waals surface area contributed by atoms with Crippen LogP contribution in [0.15, 0.2) is 24.3 Å². The third kappa shape index (κ3) is 3.73. The molecule has 3 N–H and O–H groups in total. The molecule has 0 heterocycles. The van der Waals surface area contributed by atoms with Gasteiger partial charge in [-0.2, -0.15) is 0 Å². The van der Waals surface area contributed by atoms with Crippen molar-refractivity contribution in [2.45, 2.75) is 44.2 Å². The first-order valence-electron chi connectivity index (χ1n) is 8.05. The minimum Gasteiger partial charge on any atom is -0.484 e. The topological polar surface area (TPSA) is 64.3 Å². The number of hydrogen-bond acceptors (Lipinski definition) is 3. The number of amides is 1. The Balaban J connectivity index is 1.53. The Morgan fingerprint density at radius 3 is 2.73 bits per heavy atom. The van der Waals surface area contributed by atoms with E-state index in [1.807, 2.05) is 6.07 Å². The normalized spacial score (nSPS) is 30.6. The highest BCUT2D eigenvalue weighted by molar-refractivity contribution is 6.30. The highest BCUT2D eigenvalue weighted by Crippen LogP contribution is 2.39. The van der Waals surface area contributed by atoms with Gasteiger partial charge in [-0.05, 0) is 55.7 Å². The predicted octanol–water partition coefficient (Wildman–Crippen LogP) is 2.74. The average Bonchev–Trinajstić information content (AvgIpc) is 2.46. The van der Waals surface area contributed by atoms with E-state index in [9.17, 15) is 4.79 Å². The van der Waals surface area contributed by atoms with Crippen LogP contribution in [-0.4, -0.2) is 24.6 Å². The van der Waals surface area contributed by atoms with Crippen molar-refractivity contribution in [1.29, 1.82) is 0 Å². The van der Waals surface area contributed by atoms with E-state index in [1.54, 1.807) is 18.2 Å². The Morgan fingerprint density at radius 2 is 2.05 bits per heavy atom. The van der Waals surface area contributed by atoms with Crippen molar-refractivity contribution in [3.05, 3.63) is 29.3 Å². The van der Waals surface area contributed by atoms with Crippen molar-refractivity contribution in [3.63, 3.8) is 0 Å². The quantitative estimate of drug-likeness (QED) is 0.896. The summed E-state index contributed by atoms with van der Waals surface area (Å²) in [4.78, 5) is 12.2. The van der Waals surface area contributed by atoms with Crippen molar-refractivity contribution in [1.82, 2.24) is 5.32 Å². The van der Waals surface area contributed by atoms with E-state index in [2.05, 4.69) is 5.32 Å². The molecule has 0 aliphatic heterocycles. The molecular formula is C17H23ClN2O2. The third-order valence-electron chi connectivity index (χ3n) is 4.87. The molecule has 120 valence electrons. The second-order valence-corrected chi connectivity index (χ2v) is 6.96.